The van der Waals surface area contributed by atoms with E-state index >= 15 is 0 Å². The number of aryl methyl sites for hydroxylation is 2. The molecule has 5 nitrogen and oxygen atoms in total. The molecule has 142 valence electrons. The van der Waals surface area contributed by atoms with Gasteiger partial charge in [0.2, 0.25) is 10.0 Å². The van der Waals surface area contributed by atoms with Crippen molar-refractivity contribution < 1.29 is 13.2 Å². The van der Waals surface area contributed by atoms with Crippen molar-refractivity contribution in [1.29, 1.82) is 0 Å². The number of hydrogen-bond acceptors (Lipinski definition) is 3. The molecule has 27 heavy (non-hydrogen) atoms. The summed E-state index contributed by atoms with van der Waals surface area (Å²) in [6, 6.07) is 13.0. The standard InChI is InChI=1S/C21H24N2O3S/c1-3-14-4-8-17(9-5-14)27(24,25)23-15-6-10-20-18(12-15)19-13-16(26-2)7-11-21(19)22-20/h4-5,7-9,11,13,15,22-23H,3,6,10,12H2,1-2H3. The Morgan fingerprint density at radius 2 is 1.96 bits per heavy atom. The van der Waals surface area contributed by atoms with E-state index in [1.54, 1.807) is 19.2 Å². The molecule has 0 aliphatic heterocycles. The molecule has 4 rings (SSSR count). The van der Waals surface area contributed by atoms with E-state index in [-0.39, 0.29) is 6.04 Å². The molecule has 0 spiro atoms. The summed E-state index contributed by atoms with van der Waals surface area (Å²) in [4.78, 5) is 3.79. The van der Waals surface area contributed by atoms with Crippen LogP contribution >= 0.6 is 0 Å². The number of sulfonamides is 1. The molecule has 1 aromatic heterocycles. The quantitative estimate of drug-likeness (QED) is 0.706. The monoisotopic (exact) mass is 384 g/mol. The zero-order valence-corrected chi connectivity index (χ0v) is 16.4. The van der Waals surface area contributed by atoms with Gasteiger partial charge in [0.05, 0.1) is 12.0 Å². The molecule has 0 fully saturated rings. The molecule has 1 aliphatic carbocycles. The summed E-state index contributed by atoms with van der Waals surface area (Å²) < 4.78 is 33.8. The first kappa shape index (κ1) is 18.1. The molecule has 0 saturated heterocycles. The van der Waals surface area contributed by atoms with Crippen LogP contribution in [0.4, 0.5) is 0 Å². The Labute approximate surface area is 159 Å². The van der Waals surface area contributed by atoms with Crippen LogP contribution in [0.1, 0.15) is 30.2 Å². The molecule has 1 atom stereocenters. The van der Waals surface area contributed by atoms with E-state index in [1.165, 1.54) is 11.3 Å². The zero-order valence-electron chi connectivity index (χ0n) is 15.6. The average molecular weight is 385 g/mol. The fourth-order valence-corrected chi connectivity index (χ4v) is 5.09. The maximum absolute atomic E-state index is 12.8. The highest BCUT2D eigenvalue weighted by molar-refractivity contribution is 7.89. The Morgan fingerprint density at radius 1 is 1.19 bits per heavy atom. The van der Waals surface area contributed by atoms with E-state index in [0.717, 1.165) is 41.5 Å². The van der Waals surface area contributed by atoms with Gasteiger partial charge in [-0.3, -0.25) is 0 Å². The second-order valence-corrected chi connectivity index (χ2v) is 8.77. The molecule has 0 saturated carbocycles. The Hall–Kier alpha value is -2.31. The second-order valence-electron chi connectivity index (χ2n) is 7.05. The minimum Gasteiger partial charge on any atom is -0.497 e. The number of nitrogens with one attached hydrogen (secondary N) is 2. The van der Waals surface area contributed by atoms with Crippen LogP contribution in [-0.4, -0.2) is 26.6 Å². The van der Waals surface area contributed by atoms with Crippen LogP contribution in [0.3, 0.4) is 0 Å². The minimum absolute atomic E-state index is 0.112. The van der Waals surface area contributed by atoms with E-state index in [4.69, 9.17) is 4.74 Å². The maximum Gasteiger partial charge on any atom is 0.240 e. The molecule has 0 radical (unpaired) electrons. The van der Waals surface area contributed by atoms with Crippen molar-refractivity contribution in [2.75, 3.05) is 7.11 Å². The van der Waals surface area contributed by atoms with Gasteiger partial charge in [-0.05, 0) is 67.1 Å². The van der Waals surface area contributed by atoms with Gasteiger partial charge >= 0.3 is 0 Å². The number of rotatable bonds is 5. The van der Waals surface area contributed by atoms with Crippen molar-refractivity contribution in [3.63, 3.8) is 0 Å². The van der Waals surface area contributed by atoms with Crippen molar-refractivity contribution in [2.24, 2.45) is 0 Å². The SMILES string of the molecule is CCc1ccc(S(=O)(=O)NC2CCc3[nH]c4ccc(OC)cc4c3C2)cc1. The summed E-state index contributed by atoms with van der Waals surface area (Å²) in [6.45, 7) is 2.05. The van der Waals surface area contributed by atoms with Gasteiger partial charge in [0.25, 0.3) is 0 Å². The molecule has 3 aromatic rings. The smallest absolute Gasteiger partial charge is 0.240 e. The molecule has 0 amide bonds. The third kappa shape index (κ3) is 3.47. The molecule has 1 heterocycles. The summed E-state index contributed by atoms with van der Waals surface area (Å²) in [5.41, 5.74) is 4.58. The van der Waals surface area contributed by atoms with Gasteiger partial charge in [0, 0.05) is 22.6 Å². The first-order chi connectivity index (χ1) is 13.0. The first-order valence-electron chi connectivity index (χ1n) is 9.29. The van der Waals surface area contributed by atoms with Gasteiger partial charge in [-0.15, -0.1) is 0 Å². The molecular formula is C21H24N2O3S. The average Bonchev–Trinajstić information content (AvgIpc) is 3.05. The van der Waals surface area contributed by atoms with Gasteiger partial charge in [0.1, 0.15) is 5.75 Å². The lowest BCUT2D eigenvalue weighted by atomic mass is 9.92. The fraction of sp³-hybridized carbons (Fsp3) is 0.333. The van der Waals surface area contributed by atoms with Crippen molar-refractivity contribution in [3.8, 4) is 5.75 Å². The highest BCUT2D eigenvalue weighted by atomic mass is 32.2. The van der Waals surface area contributed by atoms with E-state index in [1.807, 2.05) is 30.3 Å². The summed E-state index contributed by atoms with van der Waals surface area (Å²) >= 11 is 0. The van der Waals surface area contributed by atoms with Crippen LogP contribution in [0.2, 0.25) is 0 Å². The fourth-order valence-electron chi connectivity index (χ4n) is 3.82. The number of fused-ring (bicyclic) bond motifs is 3. The number of methoxy groups -OCH3 is 1. The third-order valence-electron chi connectivity index (χ3n) is 5.36. The van der Waals surface area contributed by atoms with Crippen LogP contribution in [0.5, 0.6) is 5.75 Å². The topological polar surface area (TPSA) is 71.2 Å². The summed E-state index contributed by atoms with van der Waals surface area (Å²) in [7, 11) is -1.87. The Morgan fingerprint density at radius 3 is 2.67 bits per heavy atom. The minimum atomic E-state index is -3.52. The summed E-state index contributed by atoms with van der Waals surface area (Å²) in [5.74, 6) is 0.808. The van der Waals surface area contributed by atoms with Crippen molar-refractivity contribution in [2.45, 2.75) is 43.5 Å². The van der Waals surface area contributed by atoms with Crippen LogP contribution in [0.15, 0.2) is 47.4 Å². The summed E-state index contributed by atoms with van der Waals surface area (Å²) in [6.07, 6.45) is 3.18. The van der Waals surface area contributed by atoms with Gasteiger partial charge in [0.15, 0.2) is 0 Å². The van der Waals surface area contributed by atoms with Crippen LogP contribution in [-0.2, 0) is 29.3 Å². The van der Waals surface area contributed by atoms with Gasteiger partial charge in [-0.25, -0.2) is 13.1 Å². The predicted octanol–water partition coefficient (Wildman–Crippen LogP) is 3.57. The zero-order chi connectivity index (χ0) is 19.0. The molecule has 1 aliphatic rings. The molecule has 0 bridgehead atoms. The maximum atomic E-state index is 12.8. The highest BCUT2D eigenvalue weighted by Gasteiger charge is 2.26. The largest absolute Gasteiger partial charge is 0.497 e. The van der Waals surface area contributed by atoms with Gasteiger partial charge in [-0.1, -0.05) is 19.1 Å². The van der Waals surface area contributed by atoms with E-state index in [9.17, 15) is 8.42 Å². The normalized spacial score (nSPS) is 17.0. The van der Waals surface area contributed by atoms with E-state index in [0.29, 0.717) is 11.3 Å². The molecule has 2 aromatic carbocycles. The summed E-state index contributed by atoms with van der Waals surface area (Å²) in [5, 5.41) is 1.11. The van der Waals surface area contributed by atoms with Crippen LogP contribution in [0.25, 0.3) is 10.9 Å². The number of ether oxygens (including phenoxy) is 1. The van der Waals surface area contributed by atoms with Crippen molar-refractivity contribution >= 4 is 20.9 Å². The molecule has 6 heteroatoms. The lowest BCUT2D eigenvalue weighted by Gasteiger charge is -2.23. The lowest BCUT2D eigenvalue weighted by Crippen LogP contribution is -2.38. The molecular weight excluding hydrogens is 360 g/mol. The van der Waals surface area contributed by atoms with E-state index < -0.39 is 10.0 Å². The number of H-pyrrole nitrogens is 1. The molecule has 1 unspecified atom stereocenters. The highest BCUT2D eigenvalue weighted by Crippen LogP contribution is 2.32. The number of aromatic amines is 1. The number of hydrogen-bond donors (Lipinski definition) is 2. The first-order valence-corrected chi connectivity index (χ1v) is 10.8. The van der Waals surface area contributed by atoms with Crippen molar-refractivity contribution in [1.82, 2.24) is 9.71 Å². The number of benzene rings is 2. The Kier molecular flexibility index (Phi) is 4.70. The van der Waals surface area contributed by atoms with E-state index in [2.05, 4.69) is 16.6 Å². The second kappa shape index (κ2) is 7.02. The Bertz CT molecular complexity index is 1070. The van der Waals surface area contributed by atoms with Crippen LogP contribution < -0.4 is 9.46 Å². The van der Waals surface area contributed by atoms with Crippen LogP contribution in [0, 0.1) is 0 Å². The van der Waals surface area contributed by atoms with Crippen molar-refractivity contribution in [3.05, 3.63) is 59.3 Å². The molecule has 2 N–H and O–H groups in total. The van der Waals surface area contributed by atoms with Gasteiger partial charge in [-0.2, -0.15) is 0 Å². The third-order valence-corrected chi connectivity index (χ3v) is 6.90. The predicted molar refractivity (Wildman–Crippen MR) is 107 cm³/mol. The lowest BCUT2D eigenvalue weighted by molar-refractivity contribution is 0.415. The van der Waals surface area contributed by atoms with Gasteiger partial charge < -0.3 is 9.72 Å². The number of aromatic nitrogens is 1. The Balaban J connectivity index is 1.58.